The Morgan fingerprint density at radius 2 is 1.56 bits per heavy atom. The van der Waals surface area contributed by atoms with E-state index in [9.17, 15) is 9.90 Å². The molecule has 0 radical (unpaired) electrons. The van der Waals surface area contributed by atoms with E-state index >= 15 is 0 Å². The predicted octanol–water partition coefficient (Wildman–Crippen LogP) is 7.20. The summed E-state index contributed by atoms with van der Waals surface area (Å²) in [4.78, 5) is 12.6. The SMILES string of the molecule is C=C(C)C1CCC2(C=O)CCC3(C)C(CCC4C5(C)CCC(O)C(C)(C)C5CCC43C)C12. The Bertz CT molecular complexity index is 814. The predicted molar refractivity (Wildman–Crippen MR) is 131 cm³/mol. The van der Waals surface area contributed by atoms with Crippen LogP contribution in [0.3, 0.4) is 0 Å². The smallest absolute Gasteiger partial charge is 0.126 e. The lowest BCUT2D eigenvalue weighted by Gasteiger charge is -2.72. The zero-order valence-corrected chi connectivity index (χ0v) is 21.7. The van der Waals surface area contributed by atoms with Gasteiger partial charge in [-0.05, 0) is 122 Å². The molecule has 2 heteroatoms. The molecular formula is C30H48O2. The zero-order chi connectivity index (χ0) is 23.3. The first-order chi connectivity index (χ1) is 14.9. The minimum Gasteiger partial charge on any atom is -0.393 e. The lowest BCUT2D eigenvalue weighted by Crippen LogP contribution is -2.66. The number of aliphatic hydroxyl groups is 1. The van der Waals surface area contributed by atoms with Crippen LogP contribution in [0.4, 0.5) is 0 Å². The van der Waals surface area contributed by atoms with E-state index in [-0.39, 0.29) is 16.9 Å². The van der Waals surface area contributed by atoms with E-state index in [4.69, 9.17) is 0 Å². The van der Waals surface area contributed by atoms with Gasteiger partial charge in [0.25, 0.3) is 0 Å². The molecule has 0 amide bonds. The number of hydrogen-bond donors (Lipinski definition) is 1. The highest BCUT2D eigenvalue weighted by atomic mass is 16.3. The van der Waals surface area contributed by atoms with Crippen LogP contribution in [0, 0.1) is 56.7 Å². The Hall–Kier alpha value is -0.630. The Morgan fingerprint density at radius 1 is 0.844 bits per heavy atom. The molecule has 0 saturated heterocycles. The lowest BCUT2D eigenvalue weighted by atomic mass is 9.32. The van der Waals surface area contributed by atoms with Crippen molar-refractivity contribution in [3.63, 3.8) is 0 Å². The van der Waals surface area contributed by atoms with Crippen LogP contribution < -0.4 is 0 Å². The van der Waals surface area contributed by atoms with Crippen LogP contribution in [0.2, 0.25) is 0 Å². The lowest BCUT2D eigenvalue weighted by molar-refractivity contribution is -0.245. The molecule has 0 spiro atoms. The molecule has 180 valence electrons. The molecule has 0 aliphatic heterocycles. The maximum atomic E-state index is 12.6. The van der Waals surface area contributed by atoms with Crippen molar-refractivity contribution < 1.29 is 9.90 Å². The molecule has 10 atom stereocenters. The molecule has 5 aliphatic carbocycles. The van der Waals surface area contributed by atoms with Gasteiger partial charge in [0.05, 0.1) is 6.10 Å². The molecule has 0 bridgehead atoms. The molecule has 0 aromatic carbocycles. The van der Waals surface area contributed by atoms with Gasteiger partial charge in [0.1, 0.15) is 6.29 Å². The summed E-state index contributed by atoms with van der Waals surface area (Å²) in [5.74, 6) is 3.03. The number of aldehydes is 1. The van der Waals surface area contributed by atoms with E-state index < -0.39 is 0 Å². The van der Waals surface area contributed by atoms with Crippen LogP contribution in [0.25, 0.3) is 0 Å². The highest BCUT2D eigenvalue weighted by Gasteiger charge is 2.70. The van der Waals surface area contributed by atoms with Gasteiger partial charge >= 0.3 is 0 Å². The quantitative estimate of drug-likeness (QED) is 0.364. The van der Waals surface area contributed by atoms with Gasteiger partial charge in [0, 0.05) is 5.41 Å². The van der Waals surface area contributed by atoms with Crippen LogP contribution in [-0.2, 0) is 4.79 Å². The average molecular weight is 441 g/mol. The van der Waals surface area contributed by atoms with E-state index in [1.807, 2.05) is 0 Å². The second kappa shape index (κ2) is 6.96. The Kier molecular flexibility index (Phi) is 5.03. The van der Waals surface area contributed by atoms with Gasteiger partial charge in [0.15, 0.2) is 0 Å². The summed E-state index contributed by atoms with van der Waals surface area (Å²) < 4.78 is 0. The monoisotopic (exact) mass is 440 g/mol. The minimum atomic E-state index is -0.158. The van der Waals surface area contributed by atoms with E-state index in [1.165, 1.54) is 50.4 Å². The van der Waals surface area contributed by atoms with Crippen LogP contribution in [0.5, 0.6) is 0 Å². The van der Waals surface area contributed by atoms with Gasteiger partial charge in [-0.1, -0.05) is 46.8 Å². The van der Waals surface area contributed by atoms with Crippen LogP contribution in [0.15, 0.2) is 12.2 Å². The molecular weight excluding hydrogens is 392 g/mol. The summed E-state index contributed by atoms with van der Waals surface area (Å²) >= 11 is 0. The largest absolute Gasteiger partial charge is 0.393 e. The van der Waals surface area contributed by atoms with E-state index in [0.717, 1.165) is 31.6 Å². The molecule has 5 saturated carbocycles. The number of fused-ring (bicyclic) bond motifs is 7. The standard InChI is InChI=1S/C30H48O2/c1-19(2)20-10-15-30(18-31)17-16-28(6)21(25(20)30)8-9-23-27(5)13-12-24(32)26(3,4)22(27)11-14-29(23,28)7/h18,20-25,32H,1,8-17H2,2-7H3. The number of carbonyl (C=O) groups is 1. The molecule has 5 aliphatic rings. The molecule has 0 aromatic heterocycles. The van der Waals surface area contributed by atoms with Crippen molar-refractivity contribution in [3.8, 4) is 0 Å². The number of rotatable bonds is 2. The molecule has 1 N–H and O–H groups in total. The van der Waals surface area contributed by atoms with Crippen molar-refractivity contribution in [2.24, 2.45) is 56.7 Å². The zero-order valence-electron chi connectivity index (χ0n) is 21.7. The highest BCUT2D eigenvalue weighted by Crippen LogP contribution is 2.77. The topological polar surface area (TPSA) is 37.3 Å². The normalized spacial score (nSPS) is 56.3. The third-order valence-electron chi connectivity index (χ3n) is 13.3. The third kappa shape index (κ3) is 2.60. The van der Waals surface area contributed by atoms with Gasteiger partial charge in [0.2, 0.25) is 0 Å². The van der Waals surface area contributed by atoms with Crippen LogP contribution in [-0.4, -0.2) is 17.5 Å². The van der Waals surface area contributed by atoms with E-state index in [1.54, 1.807) is 0 Å². The summed E-state index contributed by atoms with van der Waals surface area (Å²) in [6.45, 7) is 19.2. The summed E-state index contributed by atoms with van der Waals surface area (Å²) in [5.41, 5.74) is 2.20. The van der Waals surface area contributed by atoms with Gasteiger partial charge in [-0.3, -0.25) is 0 Å². The van der Waals surface area contributed by atoms with E-state index in [2.05, 4.69) is 48.1 Å². The first kappa shape index (κ1) is 23.1. The van der Waals surface area contributed by atoms with Gasteiger partial charge in [-0.25, -0.2) is 0 Å². The van der Waals surface area contributed by atoms with Gasteiger partial charge in [-0.2, -0.15) is 0 Å². The Morgan fingerprint density at radius 3 is 2.22 bits per heavy atom. The van der Waals surface area contributed by atoms with Gasteiger partial charge in [-0.15, -0.1) is 0 Å². The molecule has 10 unspecified atom stereocenters. The van der Waals surface area contributed by atoms with Gasteiger partial charge < -0.3 is 9.90 Å². The molecule has 5 rings (SSSR count). The van der Waals surface area contributed by atoms with Crippen LogP contribution >= 0.6 is 0 Å². The molecule has 2 nitrogen and oxygen atoms in total. The van der Waals surface area contributed by atoms with Crippen molar-refractivity contribution >= 4 is 6.29 Å². The van der Waals surface area contributed by atoms with Crippen molar-refractivity contribution in [2.45, 2.75) is 112 Å². The highest BCUT2D eigenvalue weighted by molar-refractivity contribution is 5.62. The number of carbonyl (C=O) groups excluding carboxylic acids is 1. The number of aliphatic hydroxyl groups excluding tert-OH is 1. The Balaban J connectivity index is 1.56. The van der Waals surface area contributed by atoms with Crippen molar-refractivity contribution in [3.05, 3.63) is 12.2 Å². The number of hydrogen-bond acceptors (Lipinski definition) is 2. The molecule has 0 heterocycles. The van der Waals surface area contributed by atoms with Crippen molar-refractivity contribution in [2.75, 3.05) is 0 Å². The fourth-order valence-electron chi connectivity index (χ4n) is 11.4. The first-order valence-electron chi connectivity index (χ1n) is 13.7. The van der Waals surface area contributed by atoms with Crippen molar-refractivity contribution in [1.82, 2.24) is 0 Å². The Labute approximate surface area is 197 Å². The first-order valence-corrected chi connectivity index (χ1v) is 13.7. The molecule has 32 heavy (non-hydrogen) atoms. The summed E-state index contributed by atoms with van der Waals surface area (Å²) in [7, 11) is 0. The van der Waals surface area contributed by atoms with Crippen molar-refractivity contribution in [1.29, 1.82) is 0 Å². The fraction of sp³-hybridized carbons (Fsp3) is 0.900. The maximum absolute atomic E-state index is 12.6. The van der Waals surface area contributed by atoms with E-state index in [0.29, 0.717) is 39.9 Å². The summed E-state index contributed by atoms with van der Waals surface area (Å²) in [6.07, 6.45) is 13.1. The second-order valence-corrected chi connectivity index (χ2v) is 14.4. The second-order valence-electron chi connectivity index (χ2n) is 14.4. The van der Waals surface area contributed by atoms with Crippen LogP contribution in [0.1, 0.15) is 106 Å². The number of allylic oxidation sites excluding steroid dienone is 1. The molecule has 0 aromatic rings. The average Bonchev–Trinajstić information content (AvgIpc) is 3.12. The third-order valence-corrected chi connectivity index (χ3v) is 13.3. The fourth-order valence-corrected chi connectivity index (χ4v) is 11.4. The minimum absolute atomic E-state index is 0.0157. The maximum Gasteiger partial charge on any atom is 0.126 e. The summed E-state index contributed by atoms with van der Waals surface area (Å²) in [6, 6.07) is 0. The summed E-state index contributed by atoms with van der Waals surface area (Å²) in [5, 5.41) is 10.9. The molecule has 5 fully saturated rings.